The van der Waals surface area contributed by atoms with Crippen LogP contribution in [-0.4, -0.2) is 49.0 Å². The van der Waals surface area contributed by atoms with Crippen LogP contribution in [0.2, 0.25) is 0 Å². The van der Waals surface area contributed by atoms with Gasteiger partial charge < -0.3 is 0 Å². The van der Waals surface area contributed by atoms with Crippen LogP contribution in [0.15, 0.2) is 70.5 Å². The highest BCUT2D eigenvalue weighted by atomic mass is 32.3. The van der Waals surface area contributed by atoms with Crippen molar-refractivity contribution in [3.63, 3.8) is 0 Å². The highest BCUT2D eigenvalue weighted by Crippen LogP contribution is 2.27. The van der Waals surface area contributed by atoms with Gasteiger partial charge in [0.25, 0.3) is 0 Å². The van der Waals surface area contributed by atoms with Gasteiger partial charge in [0.15, 0.2) is 19.7 Å². The van der Waals surface area contributed by atoms with Gasteiger partial charge in [-0.15, -0.1) is 0 Å². The lowest BCUT2D eigenvalue weighted by atomic mass is 10.3. The van der Waals surface area contributed by atoms with Crippen molar-refractivity contribution in [2.45, 2.75) is 22.0 Å². The highest BCUT2D eigenvalue weighted by Gasteiger charge is 2.45. The van der Waals surface area contributed by atoms with Crippen molar-refractivity contribution >= 4 is 30.1 Å². The molecule has 0 amide bonds. The van der Waals surface area contributed by atoms with E-state index in [0.29, 0.717) is 0 Å². The van der Waals surface area contributed by atoms with Crippen molar-refractivity contribution < 1.29 is 33.6 Å². The van der Waals surface area contributed by atoms with Gasteiger partial charge in [0, 0.05) is 0 Å². The number of sulfone groups is 2. The van der Waals surface area contributed by atoms with Crippen LogP contribution in [0.5, 0.6) is 0 Å². The molecule has 2 unspecified atom stereocenters. The fraction of sp³-hybridized carbons (Fsp3) is 0.250. The van der Waals surface area contributed by atoms with Gasteiger partial charge >= 0.3 is 10.4 Å². The predicted molar refractivity (Wildman–Crippen MR) is 95.7 cm³/mol. The Morgan fingerprint density at radius 2 is 1.00 bits per heavy atom. The molecule has 1 saturated heterocycles. The molecule has 1 heterocycles. The van der Waals surface area contributed by atoms with Crippen molar-refractivity contribution in [2.24, 2.45) is 0 Å². The van der Waals surface area contributed by atoms with Gasteiger partial charge in [-0.1, -0.05) is 36.4 Å². The van der Waals surface area contributed by atoms with Crippen LogP contribution in [0, 0.1) is 0 Å². The third-order valence-electron chi connectivity index (χ3n) is 3.87. The lowest BCUT2D eigenvalue weighted by Gasteiger charge is -2.15. The fourth-order valence-corrected chi connectivity index (χ4v) is 6.77. The normalized spacial score (nSPS) is 22.5. The molecule has 8 nitrogen and oxygen atoms in total. The van der Waals surface area contributed by atoms with Crippen molar-refractivity contribution in [2.75, 3.05) is 11.5 Å². The lowest BCUT2D eigenvalue weighted by molar-refractivity contribution is 0.191. The Kier molecular flexibility index (Phi) is 5.41. The van der Waals surface area contributed by atoms with E-state index in [0.717, 1.165) is 0 Å². The van der Waals surface area contributed by atoms with Crippen LogP contribution in [0.25, 0.3) is 0 Å². The molecule has 2 atom stereocenters. The van der Waals surface area contributed by atoms with Crippen LogP contribution < -0.4 is 0 Å². The van der Waals surface area contributed by atoms with E-state index in [2.05, 4.69) is 0 Å². The topological polar surface area (TPSA) is 121 Å². The summed E-state index contributed by atoms with van der Waals surface area (Å²) in [6, 6.07) is 14.8. The summed E-state index contributed by atoms with van der Waals surface area (Å²) in [5, 5.41) is 0. The van der Waals surface area contributed by atoms with Crippen LogP contribution >= 0.6 is 0 Å². The molecular weight excluding hydrogens is 416 g/mol. The molecule has 11 heteroatoms. The Bertz CT molecular complexity index is 1020. The first-order valence-electron chi connectivity index (χ1n) is 7.76. The summed E-state index contributed by atoms with van der Waals surface area (Å²) in [5.41, 5.74) is 0. The molecule has 1 aliphatic rings. The van der Waals surface area contributed by atoms with E-state index < -0.39 is 53.8 Å². The fourth-order valence-electron chi connectivity index (χ4n) is 2.60. The van der Waals surface area contributed by atoms with Gasteiger partial charge in [0.2, 0.25) is 0 Å². The highest BCUT2D eigenvalue weighted by molar-refractivity contribution is 7.92. The molecule has 0 aromatic heterocycles. The summed E-state index contributed by atoms with van der Waals surface area (Å²) in [6.07, 6.45) is -2.95. The van der Waals surface area contributed by atoms with E-state index in [1.54, 1.807) is 12.1 Å². The summed E-state index contributed by atoms with van der Waals surface area (Å²) in [6.45, 7) is 0. The molecule has 2 aromatic rings. The van der Waals surface area contributed by atoms with Gasteiger partial charge in [-0.25, -0.2) is 25.2 Å². The molecule has 1 aliphatic heterocycles. The zero-order valence-electron chi connectivity index (χ0n) is 13.8. The monoisotopic (exact) mass is 432 g/mol. The van der Waals surface area contributed by atoms with Gasteiger partial charge in [-0.2, -0.15) is 8.42 Å². The molecule has 0 aliphatic carbocycles. The zero-order chi connectivity index (χ0) is 19.7. The van der Waals surface area contributed by atoms with E-state index >= 15 is 0 Å². The molecule has 0 radical (unpaired) electrons. The lowest BCUT2D eigenvalue weighted by Crippen LogP contribution is -2.35. The second-order valence-electron chi connectivity index (χ2n) is 5.87. The smallest absolute Gasteiger partial charge is 0.241 e. The molecule has 146 valence electrons. The summed E-state index contributed by atoms with van der Waals surface area (Å²) in [5.74, 6) is -1.46. The minimum absolute atomic E-state index is 0.0254. The molecule has 0 saturated carbocycles. The third kappa shape index (κ3) is 4.74. The van der Waals surface area contributed by atoms with E-state index in [4.69, 9.17) is 8.37 Å². The Morgan fingerprint density at radius 1 is 0.667 bits per heavy atom. The predicted octanol–water partition coefficient (Wildman–Crippen LogP) is 0.963. The Morgan fingerprint density at radius 3 is 1.33 bits per heavy atom. The molecule has 0 spiro atoms. The Balaban J connectivity index is 1.86. The number of hydrogen-bond donors (Lipinski definition) is 0. The summed E-state index contributed by atoms with van der Waals surface area (Å²) in [4.78, 5) is -0.0508. The van der Waals surface area contributed by atoms with Crippen molar-refractivity contribution in [1.29, 1.82) is 0 Å². The van der Waals surface area contributed by atoms with Gasteiger partial charge in [-0.3, -0.25) is 0 Å². The molecular formula is C16H16O8S3. The molecule has 27 heavy (non-hydrogen) atoms. The van der Waals surface area contributed by atoms with E-state index in [1.807, 2.05) is 0 Å². The van der Waals surface area contributed by atoms with Crippen LogP contribution in [0.1, 0.15) is 0 Å². The van der Waals surface area contributed by atoms with Crippen LogP contribution in [0.4, 0.5) is 0 Å². The van der Waals surface area contributed by atoms with E-state index in [-0.39, 0.29) is 9.79 Å². The molecule has 3 rings (SSSR count). The summed E-state index contributed by atoms with van der Waals surface area (Å²) in [7, 11) is -12.3. The Labute approximate surface area is 157 Å². The maximum atomic E-state index is 12.5. The van der Waals surface area contributed by atoms with E-state index in [9.17, 15) is 25.3 Å². The second-order valence-corrected chi connectivity index (χ2v) is 11.1. The largest absolute Gasteiger partial charge is 0.400 e. The SMILES string of the molecule is O=S1(=O)OC(CS(=O)(=O)c2ccccc2)C(CS(=O)(=O)c2ccccc2)O1. The molecule has 0 N–H and O–H groups in total. The first-order chi connectivity index (χ1) is 12.6. The van der Waals surface area contributed by atoms with Crippen molar-refractivity contribution in [1.82, 2.24) is 0 Å². The van der Waals surface area contributed by atoms with Crippen molar-refractivity contribution in [3.8, 4) is 0 Å². The number of rotatable bonds is 6. The van der Waals surface area contributed by atoms with Gasteiger partial charge in [0.1, 0.15) is 12.2 Å². The quantitative estimate of drug-likeness (QED) is 0.662. The maximum absolute atomic E-state index is 12.5. The summed E-state index contributed by atoms with van der Waals surface area (Å²) < 4.78 is 82.7. The van der Waals surface area contributed by atoms with Crippen LogP contribution in [0.3, 0.4) is 0 Å². The van der Waals surface area contributed by atoms with Crippen LogP contribution in [-0.2, 0) is 38.4 Å². The summed E-state index contributed by atoms with van der Waals surface area (Å²) >= 11 is 0. The van der Waals surface area contributed by atoms with Gasteiger partial charge in [-0.05, 0) is 24.3 Å². The third-order valence-corrected chi connectivity index (χ3v) is 8.35. The van der Waals surface area contributed by atoms with Gasteiger partial charge in [0.05, 0.1) is 21.3 Å². The van der Waals surface area contributed by atoms with Crippen molar-refractivity contribution in [3.05, 3.63) is 60.7 Å². The average molecular weight is 432 g/mol. The number of benzene rings is 2. The molecule has 1 fully saturated rings. The first kappa shape index (κ1) is 20.0. The molecule has 0 bridgehead atoms. The zero-order valence-corrected chi connectivity index (χ0v) is 16.3. The minimum atomic E-state index is -4.48. The average Bonchev–Trinajstić information content (AvgIpc) is 2.88. The second kappa shape index (κ2) is 7.32. The first-order valence-corrected chi connectivity index (χ1v) is 12.4. The number of hydrogen-bond acceptors (Lipinski definition) is 8. The minimum Gasteiger partial charge on any atom is -0.241 e. The maximum Gasteiger partial charge on any atom is 0.400 e. The standard InChI is InChI=1S/C16H16O8S3/c17-25(18,13-7-3-1-4-8-13)11-15-16(24-27(21,22)23-15)12-26(19,20)14-9-5-2-6-10-14/h1-10,15-16H,11-12H2. The Hall–Kier alpha value is -1.79. The van der Waals surface area contributed by atoms with E-state index in [1.165, 1.54) is 48.5 Å². The molecule has 2 aromatic carbocycles.